The number of aromatic amines is 1. The molecule has 0 amide bonds. The fourth-order valence-corrected chi connectivity index (χ4v) is 2.66. The van der Waals surface area contributed by atoms with E-state index >= 15 is 0 Å². The lowest BCUT2D eigenvalue weighted by Gasteiger charge is -2.10. The highest BCUT2D eigenvalue weighted by molar-refractivity contribution is 6.34. The van der Waals surface area contributed by atoms with E-state index in [2.05, 4.69) is 32.7 Å². The first kappa shape index (κ1) is 14.7. The lowest BCUT2D eigenvalue weighted by Crippen LogP contribution is -2.03. The van der Waals surface area contributed by atoms with Gasteiger partial charge in [0.25, 0.3) is 0 Å². The predicted octanol–water partition coefficient (Wildman–Crippen LogP) is 3.69. The van der Waals surface area contributed by atoms with Crippen molar-refractivity contribution in [3.63, 3.8) is 0 Å². The Bertz CT molecular complexity index is 800. The quantitative estimate of drug-likeness (QED) is 0.672. The van der Waals surface area contributed by atoms with Crippen LogP contribution in [0.3, 0.4) is 0 Å². The van der Waals surface area contributed by atoms with Crippen LogP contribution in [-0.4, -0.2) is 24.1 Å². The van der Waals surface area contributed by atoms with Crippen molar-refractivity contribution < 1.29 is 4.74 Å². The van der Waals surface area contributed by atoms with Crippen LogP contribution in [0.15, 0.2) is 36.7 Å². The summed E-state index contributed by atoms with van der Waals surface area (Å²) < 4.78 is 5.13. The molecule has 3 N–H and O–H groups in total. The number of benzene rings is 1. The Labute approximate surface area is 133 Å². The molecule has 6 heteroatoms. The molecule has 0 spiro atoms. The first-order valence-electron chi connectivity index (χ1n) is 6.93. The van der Waals surface area contributed by atoms with Gasteiger partial charge in [-0.2, -0.15) is 0 Å². The van der Waals surface area contributed by atoms with E-state index in [0.717, 1.165) is 23.4 Å². The van der Waals surface area contributed by atoms with E-state index in [0.29, 0.717) is 10.9 Å². The molecular formula is C16H17ClN4O. The molecule has 114 valence electrons. The van der Waals surface area contributed by atoms with Crippen LogP contribution < -0.4 is 15.4 Å². The fraction of sp³-hybridized carbons (Fsp3) is 0.188. The van der Waals surface area contributed by atoms with Crippen molar-refractivity contribution in [3.8, 4) is 5.88 Å². The predicted molar refractivity (Wildman–Crippen MR) is 90.1 cm³/mol. The Morgan fingerprint density at radius 3 is 2.95 bits per heavy atom. The number of halogens is 1. The Hall–Kier alpha value is -2.24. The van der Waals surface area contributed by atoms with Crippen molar-refractivity contribution in [2.24, 2.45) is 0 Å². The second-order valence-corrected chi connectivity index (χ2v) is 5.29. The number of ether oxygens (including phenoxy) is 1. The smallest absolute Gasteiger partial charge is 0.234 e. The van der Waals surface area contributed by atoms with E-state index in [1.165, 1.54) is 10.9 Å². The minimum atomic E-state index is 0.406. The topological polar surface area (TPSA) is 62.0 Å². The summed E-state index contributed by atoms with van der Waals surface area (Å²) in [6.45, 7) is 0.833. The van der Waals surface area contributed by atoms with Gasteiger partial charge >= 0.3 is 0 Å². The zero-order chi connectivity index (χ0) is 15.5. The van der Waals surface area contributed by atoms with Crippen LogP contribution >= 0.6 is 11.6 Å². The van der Waals surface area contributed by atoms with Crippen LogP contribution in [0.5, 0.6) is 5.88 Å². The van der Waals surface area contributed by atoms with Gasteiger partial charge in [0.15, 0.2) is 0 Å². The highest BCUT2D eigenvalue weighted by Gasteiger charge is 2.09. The number of pyridine rings is 1. The second kappa shape index (κ2) is 6.25. The summed E-state index contributed by atoms with van der Waals surface area (Å²) in [5.74, 6) is 0.406. The number of anilines is 2. The number of hydrogen-bond donors (Lipinski definition) is 3. The molecule has 0 saturated heterocycles. The van der Waals surface area contributed by atoms with Crippen molar-refractivity contribution in [2.45, 2.75) is 6.54 Å². The van der Waals surface area contributed by atoms with Gasteiger partial charge in [-0.3, -0.25) is 0 Å². The normalized spacial score (nSPS) is 10.9. The van der Waals surface area contributed by atoms with Crippen LogP contribution in [0.2, 0.25) is 5.02 Å². The van der Waals surface area contributed by atoms with E-state index in [9.17, 15) is 0 Å². The van der Waals surface area contributed by atoms with E-state index in [1.54, 1.807) is 13.3 Å². The zero-order valence-corrected chi connectivity index (χ0v) is 13.2. The number of hydrogen-bond acceptors (Lipinski definition) is 4. The molecule has 0 aliphatic rings. The van der Waals surface area contributed by atoms with E-state index in [-0.39, 0.29) is 0 Å². The van der Waals surface area contributed by atoms with Gasteiger partial charge in [0, 0.05) is 35.5 Å². The largest absolute Gasteiger partial charge is 0.480 e. The fourth-order valence-electron chi connectivity index (χ4n) is 2.42. The molecule has 5 nitrogen and oxygen atoms in total. The van der Waals surface area contributed by atoms with Gasteiger partial charge in [0.1, 0.15) is 5.02 Å². The summed E-state index contributed by atoms with van der Waals surface area (Å²) >= 11 is 6.26. The third-order valence-corrected chi connectivity index (χ3v) is 3.83. The van der Waals surface area contributed by atoms with E-state index in [1.807, 2.05) is 25.4 Å². The third kappa shape index (κ3) is 2.73. The highest BCUT2D eigenvalue weighted by atomic mass is 35.5. The maximum Gasteiger partial charge on any atom is 0.234 e. The minimum absolute atomic E-state index is 0.406. The van der Waals surface area contributed by atoms with Crippen LogP contribution in [0, 0.1) is 0 Å². The lowest BCUT2D eigenvalue weighted by atomic mass is 10.1. The van der Waals surface area contributed by atoms with Gasteiger partial charge in [-0.05, 0) is 30.8 Å². The molecule has 0 unspecified atom stereocenters. The number of nitrogens with zero attached hydrogens (tertiary/aromatic N) is 1. The molecule has 0 aliphatic carbocycles. The number of rotatable bonds is 5. The lowest BCUT2D eigenvalue weighted by molar-refractivity contribution is 0.398. The molecule has 0 bridgehead atoms. The van der Waals surface area contributed by atoms with Gasteiger partial charge in [0.2, 0.25) is 5.88 Å². The average molecular weight is 317 g/mol. The Balaban J connectivity index is 1.91. The molecule has 1 aromatic carbocycles. The van der Waals surface area contributed by atoms with Gasteiger partial charge in [0.05, 0.1) is 12.8 Å². The van der Waals surface area contributed by atoms with Gasteiger partial charge in [-0.1, -0.05) is 17.7 Å². The molecule has 3 rings (SSSR count). The van der Waals surface area contributed by atoms with Crippen LogP contribution in [0.4, 0.5) is 11.4 Å². The van der Waals surface area contributed by atoms with Gasteiger partial charge in [-0.15, -0.1) is 0 Å². The number of aromatic nitrogens is 2. The van der Waals surface area contributed by atoms with Gasteiger partial charge < -0.3 is 20.4 Å². The summed E-state index contributed by atoms with van der Waals surface area (Å²) in [4.78, 5) is 7.35. The summed E-state index contributed by atoms with van der Waals surface area (Å²) in [5, 5.41) is 8.13. The van der Waals surface area contributed by atoms with E-state index in [4.69, 9.17) is 16.3 Å². The highest BCUT2D eigenvalue weighted by Crippen LogP contribution is 2.32. The molecule has 0 aliphatic heterocycles. The number of H-pyrrole nitrogens is 1. The summed E-state index contributed by atoms with van der Waals surface area (Å²) in [7, 11) is 3.49. The molecule has 0 atom stereocenters. The van der Waals surface area contributed by atoms with Crippen molar-refractivity contribution in [1.29, 1.82) is 0 Å². The minimum Gasteiger partial charge on any atom is -0.480 e. The molecule has 2 aromatic heterocycles. The van der Waals surface area contributed by atoms with Crippen molar-refractivity contribution >= 4 is 33.9 Å². The Morgan fingerprint density at radius 1 is 1.32 bits per heavy atom. The molecule has 22 heavy (non-hydrogen) atoms. The summed E-state index contributed by atoms with van der Waals surface area (Å²) in [6.07, 6.45) is 3.68. The van der Waals surface area contributed by atoms with Crippen LogP contribution in [0.25, 0.3) is 10.9 Å². The SMILES string of the molecule is CNCc1c[nH]c2cc(Nc3ccnc(OC)c3Cl)ccc12. The second-order valence-electron chi connectivity index (χ2n) is 4.91. The number of nitrogens with one attached hydrogen (secondary N) is 3. The molecule has 0 saturated carbocycles. The summed E-state index contributed by atoms with van der Waals surface area (Å²) in [5.41, 5.74) is 4.02. The first-order valence-corrected chi connectivity index (χ1v) is 7.31. The molecule has 0 radical (unpaired) electrons. The van der Waals surface area contributed by atoms with Crippen molar-refractivity contribution in [1.82, 2.24) is 15.3 Å². The monoisotopic (exact) mass is 316 g/mol. The first-order chi connectivity index (χ1) is 10.7. The molecule has 2 heterocycles. The number of fused-ring (bicyclic) bond motifs is 1. The third-order valence-electron chi connectivity index (χ3n) is 3.46. The van der Waals surface area contributed by atoms with Crippen molar-refractivity contribution in [3.05, 3.63) is 47.2 Å². The van der Waals surface area contributed by atoms with E-state index < -0.39 is 0 Å². The Kier molecular flexibility index (Phi) is 4.18. The zero-order valence-electron chi connectivity index (χ0n) is 12.4. The Morgan fingerprint density at radius 2 is 2.18 bits per heavy atom. The van der Waals surface area contributed by atoms with Crippen molar-refractivity contribution in [2.75, 3.05) is 19.5 Å². The molecule has 3 aromatic rings. The van der Waals surface area contributed by atoms with Crippen LogP contribution in [0.1, 0.15) is 5.56 Å². The van der Waals surface area contributed by atoms with Gasteiger partial charge in [-0.25, -0.2) is 4.98 Å². The summed E-state index contributed by atoms with van der Waals surface area (Å²) in [6, 6.07) is 7.99. The average Bonchev–Trinajstić information content (AvgIpc) is 2.92. The maximum absolute atomic E-state index is 6.26. The van der Waals surface area contributed by atoms with Crippen LogP contribution in [-0.2, 0) is 6.54 Å². The standard InChI is InChI=1S/C16H17ClN4O/c1-18-8-10-9-20-14-7-11(3-4-12(10)14)21-13-5-6-19-16(22-2)15(13)17/h3-7,9,18,20H,8H2,1-2H3,(H,19,21). The number of methoxy groups -OCH3 is 1. The maximum atomic E-state index is 6.26. The molecule has 0 fully saturated rings. The molecular weight excluding hydrogens is 300 g/mol.